The van der Waals surface area contributed by atoms with E-state index in [-0.39, 0.29) is 11.8 Å². The zero-order valence-electron chi connectivity index (χ0n) is 16.8. The molecule has 0 radical (unpaired) electrons. The summed E-state index contributed by atoms with van der Waals surface area (Å²) in [5.74, 6) is 0.801. The molecule has 0 aliphatic rings. The van der Waals surface area contributed by atoms with E-state index in [4.69, 9.17) is 0 Å². The molecule has 1 amide bonds. The van der Waals surface area contributed by atoms with Crippen molar-refractivity contribution in [1.82, 2.24) is 15.3 Å². The number of aromatic nitrogens is 2. The van der Waals surface area contributed by atoms with E-state index in [1.165, 1.54) is 5.56 Å². The first kappa shape index (κ1) is 19.5. The summed E-state index contributed by atoms with van der Waals surface area (Å²) in [5, 5.41) is 6.29. The number of carbonyl (C=O) groups is 1. The van der Waals surface area contributed by atoms with Crippen LogP contribution in [0.15, 0.2) is 54.9 Å². The van der Waals surface area contributed by atoms with Gasteiger partial charge in [-0.15, -0.1) is 0 Å². The molecule has 0 spiro atoms. The number of aryl methyl sites for hydroxylation is 2. The molecule has 0 unspecified atom stereocenters. The fourth-order valence-electron chi connectivity index (χ4n) is 2.96. The van der Waals surface area contributed by atoms with Gasteiger partial charge >= 0.3 is 0 Å². The topological polar surface area (TPSA) is 66.9 Å². The molecule has 0 fully saturated rings. The Morgan fingerprint density at radius 2 is 1.86 bits per heavy atom. The number of rotatable bonds is 6. The van der Waals surface area contributed by atoms with Crippen LogP contribution in [0.1, 0.15) is 52.5 Å². The van der Waals surface area contributed by atoms with Gasteiger partial charge in [-0.25, -0.2) is 4.98 Å². The number of pyridine rings is 2. The summed E-state index contributed by atoms with van der Waals surface area (Å²) in [5.41, 5.74) is 5.64. The molecule has 1 aromatic carbocycles. The van der Waals surface area contributed by atoms with Crippen LogP contribution in [0.25, 0.3) is 0 Å². The molecule has 2 N–H and O–H groups in total. The lowest BCUT2D eigenvalue weighted by Crippen LogP contribution is -2.24. The number of hydrogen-bond acceptors (Lipinski definition) is 4. The summed E-state index contributed by atoms with van der Waals surface area (Å²) in [6.45, 7) is 8.58. The molecule has 0 atom stereocenters. The number of amides is 1. The van der Waals surface area contributed by atoms with E-state index in [2.05, 4.69) is 53.5 Å². The van der Waals surface area contributed by atoms with Crippen LogP contribution in [0.2, 0.25) is 0 Å². The summed E-state index contributed by atoms with van der Waals surface area (Å²) in [4.78, 5) is 21.4. The largest absolute Gasteiger partial charge is 0.348 e. The molecule has 0 bridgehead atoms. The van der Waals surface area contributed by atoms with Gasteiger partial charge < -0.3 is 10.6 Å². The maximum absolute atomic E-state index is 12.7. The van der Waals surface area contributed by atoms with Gasteiger partial charge in [0.25, 0.3) is 5.91 Å². The van der Waals surface area contributed by atoms with Crippen LogP contribution in [-0.2, 0) is 6.54 Å². The third kappa shape index (κ3) is 4.94. The molecule has 5 nitrogen and oxygen atoms in total. The second-order valence-corrected chi connectivity index (χ2v) is 7.30. The number of benzene rings is 1. The summed E-state index contributed by atoms with van der Waals surface area (Å²) >= 11 is 0. The Morgan fingerprint density at radius 1 is 1.04 bits per heavy atom. The highest BCUT2D eigenvalue weighted by molar-refractivity contribution is 5.95. The minimum atomic E-state index is -0.126. The average Bonchev–Trinajstić information content (AvgIpc) is 2.67. The molecular weight excluding hydrogens is 348 g/mol. The minimum absolute atomic E-state index is 0.126. The van der Waals surface area contributed by atoms with E-state index in [9.17, 15) is 4.79 Å². The number of carbonyl (C=O) groups excluding carboxylic acids is 1. The van der Waals surface area contributed by atoms with Gasteiger partial charge in [0.05, 0.1) is 5.56 Å². The number of hydrogen-bond donors (Lipinski definition) is 2. The number of nitrogens with zero attached hydrogens (tertiary/aromatic N) is 2. The van der Waals surface area contributed by atoms with Crippen molar-refractivity contribution in [2.45, 2.75) is 40.2 Å². The van der Waals surface area contributed by atoms with Gasteiger partial charge in [0, 0.05) is 30.3 Å². The first-order valence-electron chi connectivity index (χ1n) is 9.45. The Morgan fingerprint density at radius 3 is 2.54 bits per heavy atom. The Bertz CT molecular complexity index is 965. The van der Waals surface area contributed by atoms with Gasteiger partial charge in [-0.3, -0.25) is 9.78 Å². The van der Waals surface area contributed by atoms with Crippen LogP contribution in [0, 0.1) is 13.8 Å². The first-order valence-corrected chi connectivity index (χ1v) is 9.45. The summed E-state index contributed by atoms with van der Waals surface area (Å²) < 4.78 is 0. The molecule has 0 saturated carbocycles. The summed E-state index contributed by atoms with van der Waals surface area (Å²) in [6.07, 6.45) is 3.43. The predicted octanol–water partition coefficient (Wildman–Crippen LogP) is 4.89. The van der Waals surface area contributed by atoms with Crippen molar-refractivity contribution in [3.8, 4) is 0 Å². The Kier molecular flexibility index (Phi) is 6.04. The number of anilines is 2. The van der Waals surface area contributed by atoms with Crippen LogP contribution in [-0.4, -0.2) is 15.9 Å². The van der Waals surface area contributed by atoms with Gasteiger partial charge in [-0.2, -0.15) is 0 Å². The molecule has 0 aliphatic carbocycles. The summed E-state index contributed by atoms with van der Waals surface area (Å²) in [7, 11) is 0. The van der Waals surface area contributed by atoms with Gasteiger partial charge in [-0.1, -0.05) is 32.0 Å². The van der Waals surface area contributed by atoms with E-state index in [0.29, 0.717) is 12.1 Å². The van der Waals surface area contributed by atoms with E-state index in [1.807, 2.05) is 37.3 Å². The Hall–Kier alpha value is -3.21. The van der Waals surface area contributed by atoms with Crippen molar-refractivity contribution >= 4 is 17.4 Å². The van der Waals surface area contributed by atoms with E-state index >= 15 is 0 Å². The fraction of sp³-hybridized carbons (Fsp3) is 0.261. The molecule has 3 aromatic rings. The highest BCUT2D eigenvalue weighted by atomic mass is 16.1. The Balaban J connectivity index is 1.76. The highest BCUT2D eigenvalue weighted by Gasteiger charge is 2.15. The molecule has 0 aliphatic heterocycles. The van der Waals surface area contributed by atoms with Crippen molar-refractivity contribution in [2.24, 2.45) is 0 Å². The monoisotopic (exact) mass is 374 g/mol. The molecule has 5 heteroatoms. The molecule has 2 aromatic heterocycles. The molecular formula is C23H26N4O. The third-order valence-electron chi connectivity index (χ3n) is 4.52. The SMILES string of the molecule is Cc1cccc(Nc2cc(C(C)C)c(C(=O)NCc3ccc(C)nc3)cn2)c1. The molecule has 144 valence electrons. The standard InChI is InChI=1S/C23H26N4O/c1-15(2)20-11-22(27-19-7-5-6-16(3)10-19)25-14-21(20)23(28)26-13-18-9-8-17(4)24-12-18/h5-12,14-15H,13H2,1-4H3,(H,25,27)(H,26,28). The van der Waals surface area contributed by atoms with E-state index < -0.39 is 0 Å². The second kappa shape index (κ2) is 8.65. The van der Waals surface area contributed by atoms with Crippen molar-refractivity contribution < 1.29 is 4.79 Å². The van der Waals surface area contributed by atoms with Gasteiger partial charge in [0.2, 0.25) is 0 Å². The molecule has 0 saturated heterocycles. The van der Waals surface area contributed by atoms with Crippen molar-refractivity contribution in [1.29, 1.82) is 0 Å². The van der Waals surface area contributed by atoms with Crippen LogP contribution >= 0.6 is 0 Å². The third-order valence-corrected chi connectivity index (χ3v) is 4.52. The maximum Gasteiger partial charge on any atom is 0.253 e. The highest BCUT2D eigenvalue weighted by Crippen LogP contribution is 2.24. The minimum Gasteiger partial charge on any atom is -0.348 e. The Labute approximate surface area is 166 Å². The average molecular weight is 374 g/mol. The van der Waals surface area contributed by atoms with Crippen LogP contribution in [0.3, 0.4) is 0 Å². The smallest absolute Gasteiger partial charge is 0.253 e. The zero-order valence-corrected chi connectivity index (χ0v) is 16.8. The normalized spacial score (nSPS) is 10.8. The quantitative estimate of drug-likeness (QED) is 0.645. The predicted molar refractivity (Wildman–Crippen MR) is 113 cm³/mol. The van der Waals surface area contributed by atoms with Crippen LogP contribution < -0.4 is 10.6 Å². The van der Waals surface area contributed by atoms with Crippen LogP contribution in [0.4, 0.5) is 11.5 Å². The maximum atomic E-state index is 12.7. The van der Waals surface area contributed by atoms with Crippen molar-refractivity contribution in [3.63, 3.8) is 0 Å². The lowest BCUT2D eigenvalue weighted by molar-refractivity contribution is 0.0949. The van der Waals surface area contributed by atoms with Gasteiger partial charge in [0.1, 0.15) is 5.82 Å². The molecule has 28 heavy (non-hydrogen) atoms. The van der Waals surface area contributed by atoms with Crippen molar-refractivity contribution in [3.05, 3.63) is 82.8 Å². The molecule has 3 rings (SSSR count). The lowest BCUT2D eigenvalue weighted by atomic mass is 9.98. The fourth-order valence-corrected chi connectivity index (χ4v) is 2.96. The van der Waals surface area contributed by atoms with Gasteiger partial charge in [-0.05, 0) is 60.7 Å². The summed E-state index contributed by atoms with van der Waals surface area (Å²) in [6, 6.07) is 14.0. The zero-order chi connectivity index (χ0) is 20.1. The van der Waals surface area contributed by atoms with E-state index in [0.717, 1.165) is 28.3 Å². The second-order valence-electron chi connectivity index (χ2n) is 7.30. The molecule has 2 heterocycles. The van der Waals surface area contributed by atoms with Crippen LogP contribution in [0.5, 0.6) is 0 Å². The lowest BCUT2D eigenvalue weighted by Gasteiger charge is -2.15. The van der Waals surface area contributed by atoms with Gasteiger partial charge in [0.15, 0.2) is 0 Å². The number of nitrogens with one attached hydrogen (secondary N) is 2. The van der Waals surface area contributed by atoms with Crippen molar-refractivity contribution in [2.75, 3.05) is 5.32 Å². The van der Waals surface area contributed by atoms with E-state index in [1.54, 1.807) is 12.4 Å². The first-order chi connectivity index (χ1) is 13.4.